The van der Waals surface area contributed by atoms with Crippen LogP contribution < -0.4 is 10.6 Å². The van der Waals surface area contributed by atoms with Gasteiger partial charge in [-0.2, -0.15) is 0 Å². The molecule has 0 spiro atoms. The molecule has 0 bridgehead atoms. The summed E-state index contributed by atoms with van der Waals surface area (Å²) in [6, 6.07) is 7.78. The first kappa shape index (κ1) is 16.3. The van der Waals surface area contributed by atoms with Gasteiger partial charge in [-0.3, -0.25) is 4.79 Å². The molecule has 1 saturated heterocycles. The van der Waals surface area contributed by atoms with Crippen molar-refractivity contribution < 1.29 is 4.79 Å². The molecule has 116 valence electrons. The molecule has 0 aromatic heterocycles. The zero-order chi connectivity index (χ0) is 15.3. The van der Waals surface area contributed by atoms with Crippen LogP contribution in [0.1, 0.15) is 57.6 Å². The fraction of sp³-hybridized carbons (Fsp3) is 0.588. The number of benzene rings is 1. The van der Waals surface area contributed by atoms with Crippen molar-refractivity contribution in [3.05, 3.63) is 34.9 Å². The average Bonchev–Trinajstić information content (AvgIpc) is 2.96. The summed E-state index contributed by atoms with van der Waals surface area (Å²) in [5.74, 6) is 0.142. The van der Waals surface area contributed by atoms with Crippen molar-refractivity contribution >= 4 is 17.5 Å². The number of carbonyl (C=O) groups is 1. The zero-order valence-electron chi connectivity index (χ0n) is 12.9. The molecular weight excluding hydrogens is 284 g/mol. The SMILES string of the molecule is CCCC1(C(=O)NC(CC)c2ccc(Cl)cc2)CCCN1. The van der Waals surface area contributed by atoms with Gasteiger partial charge in [0.05, 0.1) is 11.6 Å². The lowest BCUT2D eigenvalue weighted by Gasteiger charge is -2.30. The summed E-state index contributed by atoms with van der Waals surface area (Å²) in [5, 5.41) is 7.38. The maximum Gasteiger partial charge on any atom is 0.240 e. The Balaban J connectivity index is 2.10. The van der Waals surface area contributed by atoms with Crippen LogP contribution in [-0.2, 0) is 4.79 Å². The molecular formula is C17H25ClN2O. The first-order valence-electron chi connectivity index (χ1n) is 7.92. The smallest absolute Gasteiger partial charge is 0.240 e. The summed E-state index contributed by atoms with van der Waals surface area (Å²) < 4.78 is 0. The number of halogens is 1. The van der Waals surface area contributed by atoms with Crippen LogP contribution in [0.5, 0.6) is 0 Å². The number of hydrogen-bond donors (Lipinski definition) is 2. The summed E-state index contributed by atoms with van der Waals surface area (Å²) in [5.41, 5.74) is 0.745. The van der Waals surface area contributed by atoms with Crippen LogP contribution >= 0.6 is 11.6 Å². The third-order valence-electron chi connectivity index (χ3n) is 4.34. The molecule has 21 heavy (non-hydrogen) atoms. The van der Waals surface area contributed by atoms with Crippen molar-refractivity contribution in [2.75, 3.05) is 6.54 Å². The number of rotatable bonds is 6. The van der Waals surface area contributed by atoms with E-state index in [4.69, 9.17) is 11.6 Å². The third kappa shape index (κ3) is 3.78. The molecule has 1 heterocycles. The van der Waals surface area contributed by atoms with E-state index in [2.05, 4.69) is 24.5 Å². The monoisotopic (exact) mass is 308 g/mol. The Morgan fingerprint density at radius 3 is 2.62 bits per heavy atom. The molecule has 1 aromatic rings. The first-order chi connectivity index (χ1) is 10.1. The van der Waals surface area contributed by atoms with Gasteiger partial charge in [-0.25, -0.2) is 0 Å². The lowest BCUT2D eigenvalue weighted by atomic mass is 9.90. The topological polar surface area (TPSA) is 41.1 Å². The van der Waals surface area contributed by atoms with E-state index >= 15 is 0 Å². The van der Waals surface area contributed by atoms with Gasteiger partial charge in [0.2, 0.25) is 5.91 Å². The van der Waals surface area contributed by atoms with Crippen LogP contribution in [0, 0.1) is 0 Å². The van der Waals surface area contributed by atoms with Crippen LogP contribution in [0.15, 0.2) is 24.3 Å². The van der Waals surface area contributed by atoms with Crippen LogP contribution in [0.3, 0.4) is 0 Å². The molecule has 1 aliphatic rings. The average molecular weight is 309 g/mol. The number of carbonyl (C=O) groups excluding carboxylic acids is 1. The van der Waals surface area contributed by atoms with Crippen LogP contribution in [0.2, 0.25) is 5.02 Å². The maximum absolute atomic E-state index is 12.8. The second-order valence-electron chi connectivity index (χ2n) is 5.85. The van der Waals surface area contributed by atoms with Crippen molar-refractivity contribution in [3.8, 4) is 0 Å². The minimum absolute atomic E-state index is 0.0471. The Hall–Kier alpha value is -1.06. The molecule has 0 saturated carbocycles. The second-order valence-corrected chi connectivity index (χ2v) is 6.28. The lowest BCUT2D eigenvalue weighted by Crippen LogP contribution is -2.54. The fourth-order valence-corrected chi connectivity index (χ4v) is 3.29. The highest BCUT2D eigenvalue weighted by atomic mass is 35.5. The quantitative estimate of drug-likeness (QED) is 0.838. The van der Waals surface area contributed by atoms with E-state index < -0.39 is 0 Å². The molecule has 4 heteroatoms. The Morgan fingerprint density at radius 1 is 1.38 bits per heavy atom. The summed E-state index contributed by atoms with van der Waals surface area (Å²) >= 11 is 5.93. The highest BCUT2D eigenvalue weighted by Crippen LogP contribution is 2.27. The normalized spacial score (nSPS) is 23.0. The van der Waals surface area contributed by atoms with E-state index in [9.17, 15) is 4.79 Å². The summed E-state index contributed by atoms with van der Waals surface area (Å²) in [7, 11) is 0. The van der Waals surface area contributed by atoms with Crippen molar-refractivity contribution in [2.24, 2.45) is 0 Å². The minimum atomic E-state index is -0.366. The van der Waals surface area contributed by atoms with E-state index in [1.165, 1.54) is 0 Å². The van der Waals surface area contributed by atoms with Crippen molar-refractivity contribution in [1.29, 1.82) is 0 Å². The highest BCUT2D eigenvalue weighted by Gasteiger charge is 2.40. The lowest BCUT2D eigenvalue weighted by molar-refractivity contribution is -0.128. The van der Waals surface area contributed by atoms with Gasteiger partial charge < -0.3 is 10.6 Å². The van der Waals surface area contributed by atoms with Crippen LogP contribution in [-0.4, -0.2) is 18.0 Å². The fourth-order valence-electron chi connectivity index (χ4n) is 3.17. The minimum Gasteiger partial charge on any atom is -0.348 e. The Morgan fingerprint density at radius 2 is 2.10 bits per heavy atom. The largest absolute Gasteiger partial charge is 0.348 e. The molecule has 0 radical (unpaired) electrons. The van der Waals surface area contributed by atoms with Crippen molar-refractivity contribution in [2.45, 2.75) is 57.5 Å². The van der Waals surface area contributed by atoms with Crippen LogP contribution in [0.25, 0.3) is 0 Å². The molecule has 1 amide bonds. The summed E-state index contributed by atoms with van der Waals surface area (Å²) in [6.07, 6.45) is 4.79. The molecule has 1 aliphatic heterocycles. The predicted octanol–water partition coefficient (Wildman–Crippen LogP) is 3.83. The van der Waals surface area contributed by atoms with Gasteiger partial charge in [-0.05, 0) is 49.9 Å². The van der Waals surface area contributed by atoms with E-state index in [0.717, 1.165) is 49.2 Å². The third-order valence-corrected chi connectivity index (χ3v) is 4.59. The standard InChI is InChI=1S/C17H25ClN2O/c1-3-10-17(11-5-12-19-17)16(21)20-15(4-2)13-6-8-14(18)9-7-13/h6-9,15,19H,3-5,10-12H2,1-2H3,(H,20,21). The molecule has 0 aliphatic carbocycles. The van der Waals surface area contributed by atoms with Crippen molar-refractivity contribution in [1.82, 2.24) is 10.6 Å². The van der Waals surface area contributed by atoms with Gasteiger partial charge >= 0.3 is 0 Å². The van der Waals surface area contributed by atoms with Gasteiger partial charge in [0.25, 0.3) is 0 Å². The van der Waals surface area contributed by atoms with Crippen LogP contribution in [0.4, 0.5) is 0 Å². The molecule has 3 nitrogen and oxygen atoms in total. The molecule has 2 unspecified atom stereocenters. The Bertz CT molecular complexity index is 466. The molecule has 1 aromatic carbocycles. The Labute approximate surface area is 132 Å². The summed E-state index contributed by atoms with van der Waals surface area (Å²) in [4.78, 5) is 12.8. The van der Waals surface area contributed by atoms with Crippen molar-refractivity contribution in [3.63, 3.8) is 0 Å². The van der Waals surface area contributed by atoms with E-state index in [0.29, 0.717) is 0 Å². The molecule has 1 fully saturated rings. The second kappa shape index (κ2) is 7.28. The highest BCUT2D eigenvalue weighted by molar-refractivity contribution is 6.30. The van der Waals surface area contributed by atoms with Gasteiger partial charge in [0.15, 0.2) is 0 Å². The van der Waals surface area contributed by atoms with E-state index in [-0.39, 0.29) is 17.5 Å². The molecule has 2 N–H and O–H groups in total. The molecule has 2 rings (SSSR count). The van der Waals surface area contributed by atoms with E-state index in [1.54, 1.807) is 0 Å². The van der Waals surface area contributed by atoms with Gasteiger partial charge in [0, 0.05) is 5.02 Å². The first-order valence-corrected chi connectivity index (χ1v) is 8.30. The summed E-state index contributed by atoms with van der Waals surface area (Å²) in [6.45, 7) is 5.16. The maximum atomic E-state index is 12.8. The zero-order valence-corrected chi connectivity index (χ0v) is 13.7. The predicted molar refractivity (Wildman–Crippen MR) is 87.5 cm³/mol. The van der Waals surface area contributed by atoms with E-state index in [1.807, 2.05) is 24.3 Å². The number of hydrogen-bond acceptors (Lipinski definition) is 2. The molecule has 2 atom stereocenters. The van der Waals surface area contributed by atoms with Gasteiger partial charge in [0.1, 0.15) is 0 Å². The number of amides is 1. The van der Waals surface area contributed by atoms with Gasteiger partial charge in [-0.15, -0.1) is 0 Å². The van der Waals surface area contributed by atoms with Gasteiger partial charge in [-0.1, -0.05) is 44.0 Å². The Kier molecular flexibility index (Phi) is 5.65. The number of nitrogens with one attached hydrogen (secondary N) is 2.